The second-order valence-electron chi connectivity index (χ2n) is 4.05. The van der Waals surface area contributed by atoms with Crippen molar-refractivity contribution in [3.05, 3.63) is 48.7 Å². The summed E-state index contributed by atoms with van der Waals surface area (Å²) in [5.41, 5.74) is 7.06. The van der Waals surface area contributed by atoms with Crippen LogP contribution in [0.3, 0.4) is 0 Å². The molecule has 0 radical (unpaired) electrons. The highest BCUT2D eigenvalue weighted by molar-refractivity contribution is 6.05. The standard InChI is InChI=1S/C12H10N8O/c13-11-10(14-5-6-15-11)12(21)17-8-1-3-9(4-2-8)20-7-16-18-19-20/h1-7H,(H2,13,15)(H,17,21). The molecular weight excluding hydrogens is 272 g/mol. The van der Waals surface area contributed by atoms with Gasteiger partial charge in [-0.25, -0.2) is 14.6 Å². The minimum Gasteiger partial charge on any atom is -0.382 e. The van der Waals surface area contributed by atoms with E-state index in [0.29, 0.717) is 5.69 Å². The second kappa shape index (κ2) is 5.33. The Kier molecular flexibility index (Phi) is 3.21. The smallest absolute Gasteiger partial charge is 0.278 e. The zero-order chi connectivity index (χ0) is 14.7. The third-order valence-corrected chi connectivity index (χ3v) is 2.68. The zero-order valence-corrected chi connectivity index (χ0v) is 10.7. The summed E-state index contributed by atoms with van der Waals surface area (Å²) in [6.45, 7) is 0. The highest BCUT2D eigenvalue weighted by Gasteiger charge is 2.12. The number of rotatable bonds is 3. The van der Waals surface area contributed by atoms with Gasteiger partial charge in [-0.1, -0.05) is 0 Å². The molecular formula is C12H10N8O. The third-order valence-electron chi connectivity index (χ3n) is 2.68. The van der Waals surface area contributed by atoms with E-state index in [0.717, 1.165) is 5.69 Å². The first-order chi connectivity index (χ1) is 10.2. The fourth-order valence-corrected chi connectivity index (χ4v) is 1.69. The number of hydrogen-bond donors (Lipinski definition) is 2. The fourth-order valence-electron chi connectivity index (χ4n) is 1.69. The molecule has 0 aliphatic heterocycles. The number of nitrogens with two attached hydrogens (primary N) is 1. The van der Waals surface area contributed by atoms with E-state index in [1.54, 1.807) is 24.3 Å². The van der Waals surface area contributed by atoms with Gasteiger partial charge in [0.25, 0.3) is 5.91 Å². The van der Waals surface area contributed by atoms with Gasteiger partial charge in [0.1, 0.15) is 6.33 Å². The molecule has 0 unspecified atom stereocenters. The first kappa shape index (κ1) is 12.7. The Morgan fingerprint density at radius 2 is 1.90 bits per heavy atom. The van der Waals surface area contributed by atoms with E-state index >= 15 is 0 Å². The number of amides is 1. The summed E-state index contributed by atoms with van der Waals surface area (Å²) < 4.78 is 1.51. The number of hydrogen-bond acceptors (Lipinski definition) is 7. The monoisotopic (exact) mass is 282 g/mol. The average molecular weight is 282 g/mol. The summed E-state index contributed by atoms with van der Waals surface area (Å²) >= 11 is 0. The van der Waals surface area contributed by atoms with Crippen molar-refractivity contribution in [3.8, 4) is 5.69 Å². The van der Waals surface area contributed by atoms with Crippen molar-refractivity contribution in [2.75, 3.05) is 11.1 Å². The van der Waals surface area contributed by atoms with Crippen molar-refractivity contribution >= 4 is 17.4 Å². The Morgan fingerprint density at radius 1 is 1.14 bits per heavy atom. The number of benzene rings is 1. The summed E-state index contributed by atoms with van der Waals surface area (Å²) in [6.07, 6.45) is 4.31. The Morgan fingerprint density at radius 3 is 2.57 bits per heavy atom. The lowest BCUT2D eigenvalue weighted by Crippen LogP contribution is -2.16. The largest absolute Gasteiger partial charge is 0.382 e. The number of tetrazole rings is 1. The molecule has 3 rings (SSSR count). The van der Waals surface area contributed by atoms with Crippen LogP contribution in [0.15, 0.2) is 43.0 Å². The summed E-state index contributed by atoms with van der Waals surface area (Å²) in [5.74, 6) is -0.337. The van der Waals surface area contributed by atoms with Crippen LogP contribution in [0.1, 0.15) is 10.5 Å². The van der Waals surface area contributed by atoms with Gasteiger partial charge in [0.2, 0.25) is 0 Å². The van der Waals surface area contributed by atoms with E-state index in [1.165, 1.54) is 23.4 Å². The highest BCUT2D eigenvalue weighted by Crippen LogP contribution is 2.13. The lowest BCUT2D eigenvalue weighted by atomic mass is 10.2. The van der Waals surface area contributed by atoms with E-state index < -0.39 is 5.91 Å². The van der Waals surface area contributed by atoms with Crippen LogP contribution < -0.4 is 11.1 Å². The molecule has 0 aliphatic rings. The summed E-state index contributed by atoms with van der Waals surface area (Å²) in [4.78, 5) is 19.7. The number of nitrogen functional groups attached to an aromatic ring is 1. The van der Waals surface area contributed by atoms with Gasteiger partial charge in [0, 0.05) is 18.1 Å². The topological polar surface area (TPSA) is 125 Å². The molecule has 104 valence electrons. The summed E-state index contributed by atoms with van der Waals surface area (Å²) in [6, 6.07) is 6.99. The zero-order valence-electron chi connectivity index (χ0n) is 10.7. The summed E-state index contributed by atoms with van der Waals surface area (Å²) in [7, 11) is 0. The lowest BCUT2D eigenvalue weighted by Gasteiger charge is -2.06. The van der Waals surface area contributed by atoms with E-state index in [1.807, 2.05) is 0 Å². The molecule has 9 heteroatoms. The molecule has 0 spiro atoms. The van der Waals surface area contributed by atoms with Crippen molar-refractivity contribution in [3.63, 3.8) is 0 Å². The van der Waals surface area contributed by atoms with E-state index in [4.69, 9.17) is 5.73 Å². The van der Waals surface area contributed by atoms with Crippen molar-refractivity contribution in [1.29, 1.82) is 0 Å². The first-order valence-electron chi connectivity index (χ1n) is 5.95. The van der Waals surface area contributed by atoms with Crippen LogP contribution in [0.2, 0.25) is 0 Å². The Balaban J connectivity index is 1.77. The molecule has 0 bridgehead atoms. The van der Waals surface area contributed by atoms with Gasteiger partial charge < -0.3 is 11.1 Å². The van der Waals surface area contributed by atoms with Crippen LogP contribution in [0, 0.1) is 0 Å². The molecule has 0 atom stereocenters. The number of carbonyl (C=O) groups excluding carboxylic acids is 1. The molecule has 1 amide bonds. The van der Waals surface area contributed by atoms with Gasteiger partial charge in [0.05, 0.1) is 5.69 Å². The van der Waals surface area contributed by atoms with Crippen LogP contribution in [0.4, 0.5) is 11.5 Å². The van der Waals surface area contributed by atoms with Crippen LogP contribution in [0.25, 0.3) is 5.69 Å². The van der Waals surface area contributed by atoms with E-state index in [-0.39, 0.29) is 11.5 Å². The maximum absolute atomic E-state index is 12.0. The van der Waals surface area contributed by atoms with Crippen LogP contribution >= 0.6 is 0 Å². The van der Waals surface area contributed by atoms with Gasteiger partial charge in [-0.2, -0.15) is 0 Å². The SMILES string of the molecule is Nc1nccnc1C(=O)Nc1ccc(-n2cnnn2)cc1. The van der Waals surface area contributed by atoms with E-state index in [2.05, 4.69) is 30.8 Å². The fraction of sp³-hybridized carbons (Fsp3) is 0. The van der Waals surface area contributed by atoms with Crippen molar-refractivity contribution in [2.45, 2.75) is 0 Å². The Hall–Kier alpha value is -3.36. The second-order valence-corrected chi connectivity index (χ2v) is 4.05. The molecule has 0 saturated heterocycles. The molecule has 9 nitrogen and oxygen atoms in total. The van der Waals surface area contributed by atoms with Crippen molar-refractivity contribution in [2.24, 2.45) is 0 Å². The number of anilines is 2. The van der Waals surface area contributed by atoms with Gasteiger partial charge in [0.15, 0.2) is 11.5 Å². The molecule has 2 heterocycles. The van der Waals surface area contributed by atoms with Crippen LogP contribution in [-0.4, -0.2) is 36.1 Å². The molecule has 3 aromatic rings. The molecule has 0 saturated carbocycles. The molecule has 0 aliphatic carbocycles. The van der Waals surface area contributed by atoms with Crippen LogP contribution in [0.5, 0.6) is 0 Å². The Labute approximate surface area is 118 Å². The quantitative estimate of drug-likeness (QED) is 0.707. The molecule has 21 heavy (non-hydrogen) atoms. The molecule has 2 aromatic heterocycles. The minimum atomic E-state index is -0.421. The van der Waals surface area contributed by atoms with Gasteiger partial charge in [-0.3, -0.25) is 4.79 Å². The summed E-state index contributed by atoms with van der Waals surface area (Å²) in [5, 5.41) is 13.6. The number of aromatic nitrogens is 6. The first-order valence-corrected chi connectivity index (χ1v) is 5.95. The number of carbonyl (C=O) groups is 1. The third kappa shape index (κ3) is 2.66. The number of nitrogens with one attached hydrogen (secondary N) is 1. The Bertz CT molecular complexity index is 753. The van der Waals surface area contributed by atoms with Gasteiger partial charge in [-0.15, -0.1) is 5.10 Å². The minimum absolute atomic E-state index is 0.0836. The molecule has 0 fully saturated rings. The van der Waals surface area contributed by atoms with Crippen molar-refractivity contribution in [1.82, 2.24) is 30.2 Å². The van der Waals surface area contributed by atoms with Crippen LogP contribution in [-0.2, 0) is 0 Å². The van der Waals surface area contributed by atoms with Gasteiger partial charge in [-0.05, 0) is 34.7 Å². The maximum atomic E-state index is 12.0. The van der Waals surface area contributed by atoms with Crippen molar-refractivity contribution < 1.29 is 4.79 Å². The highest BCUT2D eigenvalue weighted by atomic mass is 16.1. The number of nitrogens with zero attached hydrogens (tertiary/aromatic N) is 6. The molecule has 3 N–H and O–H groups in total. The lowest BCUT2D eigenvalue weighted by molar-refractivity contribution is 0.102. The predicted octanol–water partition coefficient (Wildman–Crippen LogP) is 0.287. The predicted molar refractivity (Wildman–Crippen MR) is 73.6 cm³/mol. The molecule has 1 aromatic carbocycles. The van der Waals surface area contributed by atoms with Gasteiger partial charge >= 0.3 is 0 Å². The normalized spacial score (nSPS) is 10.3. The van der Waals surface area contributed by atoms with E-state index in [9.17, 15) is 4.79 Å². The average Bonchev–Trinajstić information content (AvgIpc) is 3.02. The maximum Gasteiger partial charge on any atom is 0.278 e.